The smallest absolute Gasteiger partial charge is 0.310 e. The molecule has 0 saturated heterocycles. The fraction of sp³-hybridized carbons (Fsp3) is 0.400. The van der Waals surface area contributed by atoms with E-state index in [1.165, 1.54) is 18.2 Å². The van der Waals surface area contributed by atoms with Gasteiger partial charge < -0.3 is 14.9 Å². The quantitative estimate of drug-likeness (QED) is 0.442. The van der Waals surface area contributed by atoms with Gasteiger partial charge in [0.15, 0.2) is 0 Å². The predicted molar refractivity (Wildman–Crippen MR) is 96.8 cm³/mol. The Labute approximate surface area is 148 Å². The zero-order valence-electron chi connectivity index (χ0n) is 14.6. The molecule has 1 aromatic carbocycles. The number of hydrogen-bond donors (Lipinski definition) is 2. The Morgan fingerprint density at radius 1 is 1.12 bits per heavy atom. The van der Waals surface area contributed by atoms with Gasteiger partial charge in [0, 0.05) is 0 Å². The first-order valence-corrected chi connectivity index (χ1v) is 8.44. The van der Waals surface area contributed by atoms with E-state index in [4.69, 9.17) is 9.84 Å². The van der Waals surface area contributed by atoms with Crippen molar-refractivity contribution in [3.8, 4) is 5.75 Å². The summed E-state index contributed by atoms with van der Waals surface area (Å²) < 4.78 is 5.58. The van der Waals surface area contributed by atoms with Gasteiger partial charge in [0.05, 0.1) is 18.4 Å². The van der Waals surface area contributed by atoms with Gasteiger partial charge in [0.2, 0.25) is 0 Å². The average molecular weight is 346 g/mol. The van der Waals surface area contributed by atoms with E-state index in [2.05, 4.69) is 13.5 Å². The zero-order chi connectivity index (χ0) is 18.7. The van der Waals surface area contributed by atoms with Gasteiger partial charge in [-0.2, -0.15) is 0 Å². The highest BCUT2D eigenvalue weighted by molar-refractivity contribution is 5.74. The minimum atomic E-state index is -0.992. The third-order valence-electron chi connectivity index (χ3n) is 3.78. The van der Waals surface area contributed by atoms with Crippen molar-refractivity contribution < 1.29 is 24.5 Å². The van der Waals surface area contributed by atoms with Gasteiger partial charge in [-0.3, -0.25) is 9.59 Å². The molecule has 0 bridgehead atoms. The van der Waals surface area contributed by atoms with Gasteiger partial charge in [-0.05, 0) is 37.0 Å². The van der Waals surface area contributed by atoms with E-state index in [0.29, 0.717) is 13.0 Å². The fourth-order valence-corrected chi connectivity index (χ4v) is 2.26. The largest absolute Gasteiger partial charge is 0.494 e. The van der Waals surface area contributed by atoms with Crippen molar-refractivity contribution in [1.29, 1.82) is 0 Å². The molecule has 136 valence electrons. The predicted octanol–water partition coefficient (Wildman–Crippen LogP) is 3.94. The molecule has 0 aliphatic rings. The van der Waals surface area contributed by atoms with Gasteiger partial charge in [-0.15, -0.1) is 6.58 Å². The molecule has 25 heavy (non-hydrogen) atoms. The van der Waals surface area contributed by atoms with Crippen LogP contribution < -0.4 is 4.74 Å². The topological polar surface area (TPSA) is 83.8 Å². The van der Waals surface area contributed by atoms with E-state index < -0.39 is 23.8 Å². The Balaban J connectivity index is 2.72. The summed E-state index contributed by atoms with van der Waals surface area (Å²) in [5.74, 6) is -2.75. The molecule has 0 amide bonds. The third-order valence-corrected chi connectivity index (χ3v) is 3.78. The number of unbranched alkanes of at least 4 members (excludes halogenated alkanes) is 1. The Bertz CT molecular complexity index is 589. The van der Waals surface area contributed by atoms with Gasteiger partial charge in [-0.25, -0.2) is 0 Å². The van der Waals surface area contributed by atoms with Crippen LogP contribution in [0.2, 0.25) is 0 Å². The Hall–Kier alpha value is -2.56. The number of ether oxygens (including phenoxy) is 1. The third kappa shape index (κ3) is 7.70. The standard InChI is InChI=1S/C20H26O5/c1-3-5-13-25-18-11-7-15(8-12-18)14-17(20(23)24)10-9-16(6-4-2)19(21)22/h4,7-12,16-17H,2-3,5-6,13-14H2,1H3,(H,21,22)(H,23,24)/b10-9+/t16-,17+/m0/s1. The van der Waals surface area contributed by atoms with Crippen LogP contribution in [0, 0.1) is 11.8 Å². The highest BCUT2D eigenvalue weighted by Gasteiger charge is 2.17. The summed E-state index contributed by atoms with van der Waals surface area (Å²) in [6, 6.07) is 7.32. The highest BCUT2D eigenvalue weighted by Crippen LogP contribution is 2.18. The molecular formula is C20H26O5. The van der Waals surface area contributed by atoms with E-state index in [0.717, 1.165) is 24.2 Å². The maximum Gasteiger partial charge on any atom is 0.310 e. The number of carboxylic acid groups (broad SMARTS) is 2. The highest BCUT2D eigenvalue weighted by atomic mass is 16.5. The molecule has 1 rings (SSSR count). The number of aliphatic carboxylic acids is 2. The molecule has 0 unspecified atom stereocenters. The zero-order valence-corrected chi connectivity index (χ0v) is 14.6. The number of benzene rings is 1. The summed E-state index contributed by atoms with van der Waals surface area (Å²) in [5.41, 5.74) is 0.857. The first-order chi connectivity index (χ1) is 12.0. The molecule has 0 spiro atoms. The molecule has 0 fully saturated rings. The summed E-state index contributed by atoms with van der Waals surface area (Å²) in [7, 11) is 0. The lowest BCUT2D eigenvalue weighted by Gasteiger charge is -2.11. The lowest BCUT2D eigenvalue weighted by Crippen LogP contribution is -2.16. The molecule has 0 aliphatic carbocycles. The maximum atomic E-state index is 11.4. The van der Waals surface area contributed by atoms with Crippen molar-refractivity contribution in [2.75, 3.05) is 6.61 Å². The molecule has 2 atom stereocenters. The second-order valence-corrected chi connectivity index (χ2v) is 5.85. The van der Waals surface area contributed by atoms with E-state index in [-0.39, 0.29) is 6.42 Å². The first-order valence-electron chi connectivity index (χ1n) is 8.44. The minimum absolute atomic E-state index is 0.266. The number of allylic oxidation sites excluding steroid dienone is 1. The van der Waals surface area contributed by atoms with Crippen LogP contribution in [0.5, 0.6) is 5.75 Å². The Kier molecular flexibility index (Phi) is 9.07. The normalized spacial score (nSPS) is 13.3. The van der Waals surface area contributed by atoms with E-state index in [1.807, 2.05) is 24.3 Å². The van der Waals surface area contributed by atoms with E-state index in [9.17, 15) is 14.7 Å². The molecule has 0 radical (unpaired) electrons. The molecule has 0 aromatic heterocycles. The summed E-state index contributed by atoms with van der Waals surface area (Å²) in [4.78, 5) is 22.6. The summed E-state index contributed by atoms with van der Waals surface area (Å²) in [5, 5.41) is 18.5. The van der Waals surface area contributed by atoms with Gasteiger partial charge >= 0.3 is 11.9 Å². The van der Waals surface area contributed by atoms with Crippen molar-refractivity contribution in [3.63, 3.8) is 0 Å². The van der Waals surface area contributed by atoms with Crippen LogP contribution >= 0.6 is 0 Å². The Morgan fingerprint density at radius 2 is 1.72 bits per heavy atom. The maximum absolute atomic E-state index is 11.4. The minimum Gasteiger partial charge on any atom is -0.494 e. The van der Waals surface area contributed by atoms with Gasteiger partial charge in [-0.1, -0.05) is 43.7 Å². The SMILES string of the molecule is C=CC[C@@H](/C=C/[C@H](Cc1ccc(OCCCC)cc1)C(=O)O)C(=O)O. The fourth-order valence-electron chi connectivity index (χ4n) is 2.26. The second-order valence-electron chi connectivity index (χ2n) is 5.85. The van der Waals surface area contributed by atoms with Gasteiger partial charge in [0.25, 0.3) is 0 Å². The summed E-state index contributed by atoms with van der Waals surface area (Å²) in [6.45, 7) is 6.28. The van der Waals surface area contributed by atoms with E-state index >= 15 is 0 Å². The van der Waals surface area contributed by atoms with Crippen molar-refractivity contribution in [1.82, 2.24) is 0 Å². The van der Waals surface area contributed by atoms with Crippen molar-refractivity contribution in [2.45, 2.75) is 32.6 Å². The molecule has 2 N–H and O–H groups in total. The average Bonchev–Trinajstić information content (AvgIpc) is 2.58. The lowest BCUT2D eigenvalue weighted by atomic mass is 9.96. The molecular weight excluding hydrogens is 320 g/mol. The first kappa shape index (κ1) is 20.5. The molecule has 0 heterocycles. The summed E-state index contributed by atoms with van der Waals surface area (Å²) in [6.07, 6.45) is 7.01. The number of hydrogen-bond acceptors (Lipinski definition) is 3. The molecule has 0 saturated carbocycles. The van der Waals surface area contributed by atoms with Crippen LogP contribution in [-0.2, 0) is 16.0 Å². The Morgan fingerprint density at radius 3 is 2.24 bits per heavy atom. The monoisotopic (exact) mass is 346 g/mol. The molecule has 1 aromatic rings. The summed E-state index contributed by atoms with van der Waals surface area (Å²) >= 11 is 0. The second kappa shape index (κ2) is 11.1. The molecule has 0 aliphatic heterocycles. The van der Waals surface area contributed by atoms with Crippen LogP contribution in [0.15, 0.2) is 49.1 Å². The lowest BCUT2D eigenvalue weighted by molar-refractivity contribution is -0.141. The number of rotatable bonds is 12. The number of carbonyl (C=O) groups is 2. The van der Waals surface area contributed by atoms with Crippen molar-refractivity contribution >= 4 is 11.9 Å². The number of carboxylic acids is 2. The van der Waals surface area contributed by atoms with Crippen LogP contribution in [0.25, 0.3) is 0 Å². The van der Waals surface area contributed by atoms with Crippen LogP contribution in [0.1, 0.15) is 31.7 Å². The van der Waals surface area contributed by atoms with Crippen LogP contribution in [-0.4, -0.2) is 28.8 Å². The van der Waals surface area contributed by atoms with Crippen molar-refractivity contribution in [3.05, 3.63) is 54.6 Å². The van der Waals surface area contributed by atoms with E-state index in [1.54, 1.807) is 0 Å². The molecule has 5 heteroatoms. The molecule has 5 nitrogen and oxygen atoms in total. The van der Waals surface area contributed by atoms with Gasteiger partial charge in [0.1, 0.15) is 5.75 Å². The van der Waals surface area contributed by atoms with Crippen LogP contribution in [0.3, 0.4) is 0 Å². The van der Waals surface area contributed by atoms with Crippen molar-refractivity contribution in [2.24, 2.45) is 11.8 Å². The van der Waals surface area contributed by atoms with Crippen LogP contribution in [0.4, 0.5) is 0 Å².